The third-order valence-electron chi connectivity index (χ3n) is 1.64. The molecule has 1 heterocycles. The first-order valence-electron chi connectivity index (χ1n) is 3.98. The molecule has 0 aliphatic carbocycles. The summed E-state index contributed by atoms with van der Waals surface area (Å²) in [6, 6.07) is 2.15. The summed E-state index contributed by atoms with van der Waals surface area (Å²) in [6.07, 6.45) is 0. The Labute approximate surface area is 77.8 Å². The summed E-state index contributed by atoms with van der Waals surface area (Å²) >= 11 is 1.80. The van der Waals surface area contributed by atoms with Gasteiger partial charge in [0.2, 0.25) is 0 Å². The van der Waals surface area contributed by atoms with E-state index >= 15 is 0 Å². The summed E-state index contributed by atoms with van der Waals surface area (Å²) in [5.41, 5.74) is 1.37. The Hall–Kier alpha value is -0.780. The lowest BCUT2D eigenvalue weighted by Crippen LogP contribution is -2.12. The number of hydrogen-bond donors (Lipinski definition) is 1. The van der Waals surface area contributed by atoms with E-state index in [-0.39, 0.29) is 0 Å². The first-order chi connectivity index (χ1) is 5.84. The fraction of sp³-hybridized carbons (Fsp3) is 0.400. The van der Waals surface area contributed by atoms with Gasteiger partial charge in [-0.3, -0.25) is 0 Å². The fourth-order valence-electron chi connectivity index (χ4n) is 0.912. The maximum atomic E-state index is 3.27. The third-order valence-corrected chi connectivity index (χ3v) is 2.67. The van der Waals surface area contributed by atoms with Crippen LogP contribution in [0.15, 0.2) is 11.4 Å². The molecule has 0 atom stereocenters. The van der Waals surface area contributed by atoms with E-state index in [1.807, 2.05) is 6.92 Å². The van der Waals surface area contributed by atoms with Gasteiger partial charge in [0.05, 0.1) is 6.54 Å². The average Bonchev–Trinajstić information content (AvgIpc) is 2.46. The van der Waals surface area contributed by atoms with Crippen LogP contribution < -0.4 is 5.32 Å². The number of nitrogens with one attached hydrogen (secondary N) is 1. The van der Waals surface area contributed by atoms with Crippen molar-refractivity contribution in [3.8, 4) is 11.8 Å². The summed E-state index contributed by atoms with van der Waals surface area (Å²) in [4.78, 5) is 1.41. The van der Waals surface area contributed by atoms with Crippen molar-refractivity contribution in [1.82, 2.24) is 5.32 Å². The van der Waals surface area contributed by atoms with Crippen molar-refractivity contribution in [2.75, 3.05) is 6.54 Å². The van der Waals surface area contributed by atoms with E-state index in [1.54, 1.807) is 11.3 Å². The van der Waals surface area contributed by atoms with E-state index in [4.69, 9.17) is 0 Å². The highest BCUT2D eigenvalue weighted by atomic mass is 32.1. The molecule has 2 heteroatoms. The van der Waals surface area contributed by atoms with Crippen molar-refractivity contribution >= 4 is 11.3 Å². The molecular weight excluding hydrogens is 166 g/mol. The van der Waals surface area contributed by atoms with Gasteiger partial charge in [0.25, 0.3) is 0 Å². The molecule has 0 unspecified atom stereocenters. The molecule has 1 aromatic heterocycles. The molecule has 1 nitrogen and oxygen atoms in total. The van der Waals surface area contributed by atoms with Crippen LogP contribution in [0.2, 0.25) is 0 Å². The maximum Gasteiger partial charge on any atom is 0.0579 e. The topological polar surface area (TPSA) is 12.0 Å². The predicted octanol–water partition coefficient (Wildman–Crippen LogP) is 2.17. The van der Waals surface area contributed by atoms with Crippen molar-refractivity contribution in [3.05, 3.63) is 21.9 Å². The number of thiophene rings is 1. The van der Waals surface area contributed by atoms with Gasteiger partial charge in [0, 0.05) is 11.4 Å². The molecule has 1 rings (SSSR count). The highest BCUT2D eigenvalue weighted by Crippen LogP contribution is 2.14. The van der Waals surface area contributed by atoms with Gasteiger partial charge in [-0.25, -0.2) is 0 Å². The summed E-state index contributed by atoms with van der Waals surface area (Å²) in [5.74, 6) is 5.83. The molecule has 0 aliphatic heterocycles. The van der Waals surface area contributed by atoms with Crippen molar-refractivity contribution < 1.29 is 0 Å². The van der Waals surface area contributed by atoms with Gasteiger partial charge in [-0.05, 0) is 30.9 Å². The lowest BCUT2D eigenvalue weighted by molar-refractivity contribution is 0.777. The minimum atomic E-state index is 0.786. The van der Waals surface area contributed by atoms with Gasteiger partial charge in [0.15, 0.2) is 0 Å². The van der Waals surface area contributed by atoms with E-state index in [0.29, 0.717) is 0 Å². The summed E-state index contributed by atoms with van der Waals surface area (Å²) in [5, 5.41) is 5.39. The normalized spacial score (nSPS) is 9.17. The Kier molecular flexibility index (Phi) is 3.86. The number of hydrogen-bond acceptors (Lipinski definition) is 2. The SMILES string of the molecule is CC#CCNCc1sccc1C. The zero-order valence-electron chi connectivity index (χ0n) is 7.48. The Bertz CT molecular complexity index is 290. The van der Waals surface area contributed by atoms with Crippen LogP contribution in [-0.4, -0.2) is 6.54 Å². The molecule has 1 aromatic rings. The van der Waals surface area contributed by atoms with Crippen LogP contribution in [0.4, 0.5) is 0 Å². The molecule has 0 spiro atoms. The Morgan fingerprint density at radius 3 is 3.00 bits per heavy atom. The van der Waals surface area contributed by atoms with Crippen molar-refractivity contribution in [2.45, 2.75) is 20.4 Å². The van der Waals surface area contributed by atoms with Crippen molar-refractivity contribution in [3.63, 3.8) is 0 Å². The summed E-state index contributed by atoms with van der Waals surface area (Å²) < 4.78 is 0. The summed E-state index contributed by atoms with van der Waals surface area (Å²) in [7, 11) is 0. The van der Waals surface area contributed by atoms with E-state index in [2.05, 4.69) is 35.5 Å². The quantitative estimate of drug-likeness (QED) is 0.554. The fourth-order valence-corrected chi connectivity index (χ4v) is 1.79. The molecular formula is C10H13NS. The van der Waals surface area contributed by atoms with Crippen molar-refractivity contribution in [2.24, 2.45) is 0 Å². The molecule has 0 bridgehead atoms. The van der Waals surface area contributed by atoms with Crippen molar-refractivity contribution in [1.29, 1.82) is 0 Å². The maximum absolute atomic E-state index is 3.27. The predicted molar refractivity (Wildman–Crippen MR) is 54.2 cm³/mol. The third kappa shape index (κ3) is 2.69. The van der Waals surface area contributed by atoms with Crippen LogP contribution in [-0.2, 0) is 6.54 Å². The van der Waals surface area contributed by atoms with Crippen LogP contribution >= 0.6 is 11.3 Å². The molecule has 0 aromatic carbocycles. The molecule has 64 valence electrons. The standard InChI is InChI=1S/C10H13NS/c1-3-4-6-11-8-10-9(2)5-7-12-10/h5,7,11H,6,8H2,1-2H3. The van der Waals surface area contributed by atoms with Gasteiger partial charge in [0.1, 0.15) is 0 Å². The molecule has 12 heavy (non-hydrogen) atoms. The largest absolute Gasteiger partial charge is 0.301 e. The van der Waals surface area contributed by atoms with Crippen LogP contribution in [0.5, 0.6) is 0 Å². The number of rotatable bonds is 3. The van der Waals surface area contributed by atoms with Crippen LogP contribution in [0.1, 0.15) is 17.4 Å². The molecule has 0 radical (unpaired) electrons. The molecule has 0 aliphatic rings. The Morgan fingerprint density at radius 1 is 1.58 bits per heavy atom. The zero-order chi connectivity index (χ0) is 8.81. The molecule has 0 amide bonds. The molecule has 1 N–H and O–H groups in total. The second-order valence-corrected chi connectivity index (χ2v) is 3.56. The molecule has 0 saturated heterocycles. The van der Waals surface area contributed by atoms with Gasteiger partial charge in [-0.1, -0.05) is 5.92 Å². The van der Waals surface area contributed by atoms with Crippen LogP contribution in [0.25, 0.3) is 0 Å². The second kappa shape index (κ2) is 4.97. The summed E-state index contributed by atoms with van der Waals surface area (Å²) in [6.45, 7) is 5.73. The van der Waals surface area contributed by atoms with Gasteiger partial charge >= 0.3 is 0 Å². The zero-order valence-corrected chi connectivity index (χ0v) is 8.29. The second-order valence-electron chi connectivity index (χ2n) is 2.56. The lowest BCUT2D eigenvalue weighted by Gasteiger charge is -1.98. The average molecular weight is 179 g/mol. The van der Waals surface area contributed by atoms with Gasteiger partial charge in [-0.15, -0.1) is 17.3 Å². The van der Waals surface area contributed by atoms with Gasteiger partial charge in [-0.2, -0.15) is 0 Å². The molecule has 0 fully saturated rings. The minimum Gasteiger partial charge on any atom is -0.301 e. The Morgan fingerprint density at radius 2 is 2.42 bits per heavy atom. The van der Waals surface area contributed by atoms with E-state index in [0.717, 1.165) is 13.1 Å². The highest BCUT2D eigenvalue weighted by molar-refractivity contribution is 7.10. The van der Waals surface area contributed by atoms with Gasteiger partial charge < -0.3 is 5.32 Å². The van der Waals surface area contributed by atoms with E-state index in [1.165, 1.54) is 10.4 Å². The van der Waals surface area contributed by atoms with Crippen LogP contribution in [0.3, 0.4) is 0 Å². The Balaban J connectivity index is 2.32. The number of aryl methyl sites for hydroxylation is 1. The van der Waals surface area contributed by atoms with E-state index in [9.17, 15) is 0 Å². The van der Waals surface area contributed by atoms with Crippen LogP contribution in [0, 0.1) is 18.8 Å². The highest BCUT2D eigenvalue weighted by Gasteiger charge is 1.96. The minimum absolute atomic E-state index is 0.786. The van der Waals surface area contributed by atoms with E-state index < -0.39 is 0 Å². The first kappa shape index (κ1) is 9.31. The monoisotopic (exact) mass is 179 g/mol. The smallest absolute Gasteiger partial charge is 0.0579 e. The first-order valence-corrected chi connectivity index (χ1v) is 4.86. The molecule has 0 saturated carbocycles. The lowest BCUT2D eigenvalue weighted by atomic mass is 10.3.